The molecule has 1 rings (SSSR count). The molecule has 0 aliphatic carbocycles. The lowest BCUT2D eigenvalue weighted by molar-refractivity contribution is 0.350. The summed E-state index contributed by atoms with van der Waals surface area (Å²) in [5, 5.41) is 8.64. The number of aliphatic hydroxyl groups is 1. The molecule has 0 bridgehead atoms. The first-order valence-corrected chi connectivity index (χ1v) is 7.84. The van der Waals surface area contributed by atoms with E-state index in [1.54, 1.807) is 18.2 Å². The summed E-state index contributed by atoms with van der Waals surface area (Å²) in [5.41, 5.74) is 1.55. The van der Waals surface area contributed by atoms with E-state index in [4.69, 9.17) is 5.11 Å². The van der Waals surface area contributed by atoms with Crippen LogP contribution in [0.25, 0.3) is 0 Å². The van der Waals surface area contributed by atoms with Gasteiger partial charge < -0.3 is 5.11 Å². The van der Waals surface area contributed by atoms with Crippen LogP contribution in [-0.2, 0) is 16.8 Å². The maximum absolute atomic E-state index is 11.7. The van der Waals surface area contributed by atoms with Crippen molar-refractivity contribution in [2.75, 3.05) is 13.2 Å². The average Bonchev–Trinajstić information content (AvgIpc) is 2.41. The molecule has 6 heteroatoms. The lowest BCUT2D eigenvalue weighted by Gasteiger charge is -2.10. The zero-order valence-corrected chi connectivity index (χ0v) is 12.5. The van der Waals surface area contributed by atoms with Crippen LogP contribution in [0.2, 0.25) is 0 Å². The third kappa shape index (κ3) is 6.68. The highest BCUT2D eigenvalue weighted by Crippen LogP contribution is 2.04. The Balaban J connectivity index is 2.61. The average molecular weight is 296 g/mol. The van der Waals surface area contributed by atoms with Crippen molar-refractivity contribution in [1.82, 2.24) is 9.44 Å². The van der Waals surface area contributed by atoms with E-state index in [1.807, 2.05) is 19.9 Å². The van der Waals surface area contributed by atoms with Crippen LogP contribution in [0.3, 0.4) is 0 Å². The van der Waals surface area contributed by atoms with Gasteiger partial charge in [0.15, 0.2) is 0 Å². The van der Waals surface area contributed by atoms with Crippen molar-refractivity contribution in [2.45, 2.75) is 20.4 Å². The van der Waals surface area contributed by atoms with E-state index in [-0.39, 0.29) is 19.1 Å². The standard InChI is InChI=1S/C14H20N2O3S/c1-12(2)10-15-20(18,19)16-11-14-6-3-5-13(9-14)7-4-8-17/h3,5-6,9,12,15-17H,8,10-11H2,1-2H3. The molecule has 0 radical (unpaired) electrons. The van der Waals surface area contributed by atoms with Gasteiger partial charge >= 0.3 is 0 Å². The number of nitrogens with one attached hydrogen (secondary N) is 2. The summed E-state index contributed by atoms with van der Waals surface area (Å²) < 4.78 is 28.3. The van der Waals surface area contributed by atoms with Crippen LogP contribution in [0.5, 0.6) is 0 Å². The second kappa shape index (κ2) is 8.02. The minimum atomic E-state index is -3.48. The first kappa shape index (κ1) is 16.7. The van der Waals surface area contributed by atoms with Crippen LogP contribution in [-0.4, -0.2) is 26.7 Å². The molecule has 0 heterocycles. The second-order valence-corrected chi connectivity index (χ2v) is 6.31. The van der Waals surface area contributed by atoms with Gasteiger partial charge in [0, 0.05) is 18.7 Å². The van der Waals surface area contributed by atoms with Gasteiger partial charge in [-0.2, -0.15) is 13.1 Å². The summed E-state index contributed by atoms with van der Waals surface area (Å²) in [6.45, 7) is 4.27. The van der Waals surface area contributed by atoms with Crippen LogP contribution in [0, 0.1) is 17.8 Å². The molecule has 0 spiro atoms. The van der Waals surface area contributed by atoms with E-state index in [9.17, 15) is 8.42 Å². The number of rotatable bonds is 6. The van der Waals surface area contributed by atoms with Crippen molar-refractivity contribution in [3.63, 3.8) is 0 Å². The number of aliphatic hydroxyl groups excluding tert-OH is 1. The van der Waals surface area contributed by atoms with Crippen LogP contribution in [0.4, 0.5) is 0 Å². The van der Waals surface area contributed by atoms with Crippen LogP contribution in [0.15, 0.2) is 24.3 Å². The zero-order chi connectivity index (χ0) is 15.0. The molecule has 5 nitrogen and oxygen atoms in total. The van der Waals surface area contributed by atoms with Gasteiger partial charge in [-0.05, 0) is 23.6 Å². The molecule has 0 atom stereocenters. The molecule has 1 aromatic rings. The fourth-order valence-corrected chi connectivity index (χ4v) is 2.42. The number of benzene rings is 1. The van der Waals surface area contributed by atoms with Crippen molar-refractivity contribution in [2.24, 2.45) is 5.92 Å². The summed E-state index contributed by atoms with van der Waals surface area (Å²) in [5.74, 6) is 5.58. The third-order valence-corrected chi connectivity index (χ3v) is 3.46. The van der Waals surface area contributed by atoms with E-state index < -0.39 is 10.2 Å². The first-order chi connectivity index (χ1) is 9.43. The topological polar surface area (TPSA) is 78.4 Å². The molecule has 0 aliphatic rings. The van der Waals surface area contributed by atoms with E-state index >= 15 is 0 Å². The Morgan fingerprint density at radius 2 is 2.05 bits per heavy atom. The van der Waals surface area contributed by atoms with Gasteiger partial charge in [0.1, 0.15) is 6.61 Å². The van der Waals surface area contributed by atoms with Gasteiger partial charge in [0.05, 0.1) is 0 Å². The molecule has 0 saturated carbocycles. The van der Waals surface area contributed by atoms with Gasteiger partial charge in [0.25, 0.3) is 10.2 Å². The van der Waals surface area contributed by atoms with Crippen molar-refractivity contribution in [3.05, 3.63) is 35.4 Å². The maximum atomic E-state index is 11.7. The second-order valence-electron chi connectivity index (χ2n) is 4.73. The molecule has 0 amide bonds. The van der Waals surface area contributed by atoms with Gasteiger partial charge in [-0.25, -0.2) is 4.72 Å². The summed E-state index contributed by atoms with van der Waals surface area (Å²) in [4.78, 5) is 0. The Morgan fingerprint density at radius 1 is 1.30 bits per heavy atom. The molecule has 1 aromatic carbocycles. The Hall–Kier alpha value is -1.39. The van der Waals surface area contributed by atoms with E-state index in [0.29, 0.717) is 6.54 Å². The summed E-state index contributed by atoms with van der Waals surface area (Å²) in [6.07, 6.45) is 0. The number of hydrogen-bond donors (Lipinski definition) is 3. The Kier molecular flexibility index (Phi) is 6.68. The lowest BCUT2D eigenvalue weighted by atomic mass is 10.1. The van der Waals surface area contributed by atoms with Gasteiger partial charge in [-0.1, -0.05) is 37.8 Å². The minimum absolute atomic E-state index is 0.197. The molecule has 0 fully saturated rings. The fourth-order valence-electron chi connectivity index (χ4n) is 1.41. The molecule has 0 saturated heterocycles. The molecular weight excluding hydrogens is 276 g/mol. The minimum Gasteiger partial charge on any atom is -0.384 e. The Labute approximate surface area is 120 Å². The maximum Gasteiger partial charge on any atom is 0.277 e. The van der Waals surface area contributed by atoms with Crippen molar-refractivity contribution < 1.29 is 13.5 Å². The molecule has 0 unspecified atom stereocenters. The van der Waals surface area contributed by atoms with Gasteiger partial charge in [-0.3, -0.25) is 0 Å². The van der Waals surface area contributed by atoms with Crippen molar-refractivity contribution in [3.8, 4) is 11.8 Å². The van der Waals surface area contributed by atoms with Gasteiger partial charge in [0.2, 0.25) is 0 Å². The highest BCUT2D eigenvalue weighted by Gasteiger charge is 2.09. The lowest BCUT2D eigenvalue weighted by Crippen LogP contribution is -2.37. The van der Waals surface area contributed by atoms with E-state index in [2.05, 4.69) is 21.3 Å². The van der Waals surface area contributed by atoms with E-state index in [0.717, 1.165) is 11.1 Å². The monoisotopic (exact) mass is 296 g/mol. The first-order valence-electron chi connectivity index (χ1n) is 6.36. The molecule has 0 aromatic heterocycles. The molecule has 3 N–H and O–H groups in total. The third-order valence-electron chi connectivity index (χ3n) is 2.39. The predicted molar refractivity (Wildman–Crippen MR) is 79.0 cm³/mol. The summed E-state index contributed by atoms with van der Waals surface area (Å²) in [6, 6.07) is 7.20. The van der Waals surface area contributed by atoms with Crippen molar-refractivity contribution in [1.29, 1.82) is 0 Å². The molecular formula is C14H20N2O3S. The fraction of sp³-hybridized carbons (Fsp3) is 0.429. The van der Waals surface area contributed by atoms with Crippen LogP contribution < -0.4 is 9.44 Å². The Bertz CT molecular complexity index is 586. The largest absolute Gasteiger partial charge is 0.384 e. The number of hydrogen-bond acceptors (Lipinski definition) is 3. The van der Waals surface area contributed by atoms with Gasteiger partial charge in [-0.15, -0.1) is 0 Å². The zero-order valence-electron chi connectivity index (χ0n) is 11.7. The summed E-state index contributed by atoms with van der Waals surface area (Å²) >= 11 is 0. The summed E-state index contributed by atoms with van der Waals surface area (Å²) in [7, 11) is -3.48. The predicted octanol–water partition coefficient (Wildman–Crippen LogP) is 0.610. The molecule has 110 valence electrons. The van der Waals surface area contributed by atoms with Crippen LogP contribution >= 0.6 is 0 Å². The molecule has 20 heavy (non-hydrogen) atoms. The highest BCUT2D eigenvalue weighted by atomic mass is 32.2. The Morgan fingerprint density at radius 3 is 2.70 bits per heavy atom. The normalized spacial score (nSPS) is 11.2. The highest BCUT2D eigenvalue weighted by molar-refractivity contribution is 7.87. The van der Waals surface area contributed by atoms with Crippen molar-refractivity contribution >= 4 is 10.2 Å². The smallest absolute Gasteiger partial charge is 0.277 e. The van der Waals surface area contributed by atoms with E-state index in [1.165, 1.54) is 0 Å². The quantitative estimate of drug-likeness (QED) is 0.673. The van der Waals surface area contributed by atoms with Crippen LogP contribution in [0.1, 0.15) is 25.0 Å². The SMILES string of the molecule is CC(C)CNS(=O)(=O)NCc1cccc(C#CCO)c1. The molecule has 0 aliphatic heterocycles.